The van der Waals surface area contributed by atoms with Gasteiger partial charge in [0.1, 0.15) is 0 Å². The van der Waals surface area contributed by atoms with E-state index in [0.717, 1.165) is 37.2 Å². The summed E-state index contributed by atoms with van der Waals surface area (Å²) in [7, 11) is 0. The minimum absolute atomic E-state index is 0.00665. The highest BCUT2D eigenvalue weighted by atomic mass is 35.5. The SMILES string of the molecule is Cc1ccc(Cl)cc1NC(=O)C(C)N1CCC(C2OCCO2)CC1. The number of anilines is 1. The van der Waals surface area contributed by atoms with E-state index < -0.39 is 0 Å². The van der Waals surface area contributed by atoms with Crippen LogP contribution in [0.1, 0.15) is 25.3 Å². The van der Waals surface area contributed by atoms with Gasteiger partial charge in [-0.05, 0) is 57.5 Å². The lowest BCUT2D eigenvalue weighted by molar-refractivity contribution is -0.123. The molecule has 3 rings (SSSR count). The maximum Gasteiger partial charge on any atom is 0.241 e. The van der Waals surface area contributed by atoms with E-state index in [1.807, 2.05) is 26.0 Å². The number of piperidine rings is 1. The van der Waals surface area contributed by atoms with Crippen LogP contribution in [0.4, 0.5) is 5.69 Å². The normalized spacial score (nSPS) is 21.8. The number of hydrogen-bond donors (Lipinski definition) is 1. The predicted molar refractivity (Wildman–Crippen MR) is 94.3 cm³/mol. The van der Waals surface area contributed by atoms with E-state index in [1.54, 1.807) is 6.07 Å². The number of amides is 1. The second-order valence-electron chi connectivity index (χ2n) is 6.61. The number of rotatable bonds is 4. The molecular formula is C18H25ClN2O3. The third-order valence-electron chi connectivity index (χ3n) is 4.99. The van der Waals surface area contributed by atoms with Crippen LogP contribution < -0.4 is 5.32 Å². The fraction of sp³-hybridized carbons (Fsp3) is 0.611. The molecule has 24 heavy (non-hydrogen) atoms. The van der Waals surface area contributed by atoms with Crippen LogP contribution >= 0.6 is 11.6 Å². The summed E-state index contributed by atoms with van der Waals surface area (Å²) in [6.07, 6.45) is 1.95. The molecule has 1 amide bonds. The van der Waals surface area contributed by atoms with E-state index >= 15 is 0 Å². The summed E-state index contributed by atoms with van der Waals surface area (Å²) in [5.41, 5.74) is 1.79. The Kier molecular flexibility index (Phi) is 5.76. The highest BCUT2D eigenvalue weighted by Crippen LogP contribution is 2.27. The Morgan fingerprint density at radius 3 is 2.62 bits per heavy atom. The van der Waals surface area contributed by atoms with Gasteiger partial charge in [-0.15, -0.1) is 0 Å². The van der Waals surface area contributed by atoms with E-state index in [-0.39, 0.29) is 18.2 Å². The molecule has 1 atom stereocenters. The summed E-state index contributed by atoms with van der Waals surface area (Å²) in [6, 6.07) is 5.36. The lowest BCUT2D eigenvalue weighted by Crippen LogP contribution is -2.47. The van der Waals surface area contributed by atoms with Gasteiger partial charge in [-0.3, -0.25) is 9.69 Å². The van der Waals surface area contributed by atoms with Crippen LogP contribution in [-0.4, -0.2) is 49.4 Å². The van der Waals surface area contributed by atoms with Crippen LogP contribution in [0.15, 0.2) is 18.2 Å². The number of carbonyl (C=O) groups excluding carboxylic acids is 1. The number of benzene rings is 1. The zero-order valence-corrected chi connectivity index (χ0v) is 15.0. The van der Waals surface area contributed by atoms with E-state index in [2.05, 4.69) is 10.2 Å². The van der Waals surface area contributed by atoms with E-state index in [1.165, 1.54) is 0 Å². The molecule has 5 nitrogen and oxygen atoms in total. The average molecular weight is 353 g/mol. The van der Waals surface area contributed by atoms with Gasteiger partial charge in [0.05, 0.1) is 19.3 Å². The molecule has 0 spiro atoms. The second kappa shape index (κ2) is 7.83. The topological polar surface area (TPSA) is 50.8 Å². The molecule has 0 saturated carbocycles. The molecule has 2 saturated heterocycles. The summed E-state index contributed by atoms with van der Waals surface area (Å²) in [5.74, 6) is 0.446. The molecule has 2 aliphatic rings. The molecule has 1 N–H and O–H groups in total. The third kappa shape index (κ3) is 4.09. The molecule has 2 fully saturated rings. The van der Waals surface area contributed by atoms with Crippen molar-refractivity contribution in [2.45, 2.75) is 39.0 Å². The molecular weight excluding hydrogens is 328 g/mol. The first-order chi connectivity index (χ1) is 11.5. The minimum atomic E-state index is -0.172. The molecule has 1 aromatic carbocycles. The third-order valence-corrected chi connectivity index (χ3v) is 5.23. The van der Waals surface area contributed by atoms with Crippen molar-refractivity contribution in [1.29, 1.82) is 0 Å². The Labute approximate surface area is 148 Å². The first-order valence-electron chi connectivity index (χ1n) is 8.59. The van der Waals surface area contributed by atoms with Gasteiger partial charge >= 0.3 is 0 Å². The van der Waals surface area contributed by atoms with Crippen LogP contribution in [-0.2, 0) is 14.3 Å². The standard InChI is InChI=1S/C18H25ClN2O3/c1-12-3-4-15(19)11-16(12)20-17(22)13(2)21-7-5-14(6-8-21)18-23-9-10-24-18/h3-4,11,13-14,18H,5-10H2,1-2H3,(H,20,22). The van der Waals surface area contributed by atoms with Gasteiger partial charge < -0.3 is 14.8 Å². The Morgan fingerprint density at radius 1 is 1.29 bits per heavy atom. The smallest absolute Gasteiger partial charge is 0.241 e. The Bertz CT molecular complexity index is 582. The summed E-state index contributed by atoms with van der Waals surface area (Å²) in [4.78, 5) is 14.8. The van der Waals surface area contributed by atoms with Crippen LogP contribution in [0.3, 0.4) is 0 Å². The first kappa shape index (κ1) is 17.7. The summed E-state index contributed by atoms with van der Waals surface area (Å²) in [5, 5.41) is 3.63. The maximum absolute atomic E-state index is 12.6. The molecule has 2 aliphatic heterocycles. The number of carbonyl (C=O) groups is 1. The van der Waals surface area contributed by atoms with Crippen LogP contribution in [0.5, 0.6) is 0 Å². The lowest BCUT2D eigenvalue weighted by atomic mass is 9.95. The Hall–Kier alpha value is -1.14. The monoisotopic (exact) mass is 352 g/mol. The molecule has 0 aromatic heterocycles. The number of halogens is 1. The van der Waals surface area contributed by atoms with Crippen molar-refractivity contribution < 1.29 is 14.3 Å². The van der Waals surface area contributed by atoms with E-state index in [4.69, 9.17) is 21.1 Å². The highest BCUT2D eigenvalue weighted by molar-refractivity contribution is 6.31. The molecule has 2 heterocycles. The molecule has 0 bridgehead atoms. The molecule has 0 radical (unpaired) electrons. The van der Waals surface area contributed by atoms with Crippen molar-refractivity contribution in [2.24, 2.45) is 5.92 Å². The number of aryl methyl sites for hydroxylation is 1. The average Bonchev–Trinajstić information content (AvgIpc) is 3.12. The van der Waals surface area contributed by atoms with Crippen molar-refractivity contribution in [1.82, 2.24) is 4.90 Å². The lowest BCUT2D eigenvalue weighted by Gasteiger charge is -2.36. The summed E-state index contributed by atoms with van der Waals surface area (Å²) in [6.45, 7) is 7.08. The van der Waals surface area contributed by atoms with Crippen LogP contribution in [0.2, 0.25) is 5.02 Å². The first-order valence-corrected chi connectivity index (χ1v) is 8.96. The zero-order valence-electron chi connectivity index (χ0n) is 14.3. The van der Waals surface area contributed by atoms with Crippen LogP contribution in [0, 0.1) is 12.8 Å². The number of ether oxygens (including phenoxy) is 2. The molecule has 1 unspecified atom stereocenters. The molecule has 6 heteroatoms. The quantitative estimate of drug-likeness (QED) is 0.904. The van der Waals surface area contributed by atoms with Gasteiger partial charge in [0.2, 0.25) is 5.91 Å². The minimum Gasteiger partial charge on any atom is -0.350 e. The number of hydrogen-bond acceptors (Lipinski definition) is 4. The summed E-state index contributed by atoms with van der Waals surface area (Å²) < 4.78 is 11.2. The molecule has 0 aliphatic carbocycles. The van der Waals surface area contributed by atoms with Crippen molar-refractivity contribution in [3.63, 3.8) is 0 Å². The van der Waals surface area contributed by atoms with Gasteiger partial charge in [-0.25, -0.2) is 0 Å². The number of nitrogens with zero attached hydrogens (tertiary/aromatic N) is 1. The van der Waals surface area contributed by atoms with E-state index in [0.29, 0.717) is 24.2 Å². The Morgan fingerprint density at radius 2 is 1.96 bits per heavy atom. The maximum atomic E-state index is 12.6. The van der Waals surface area contributed by atoms with Gasteiger partial charge in [-0.2, -0.15) is 0 Å². The predicted octanol–water partition coefficient (Wildman–Crippen LogP) is 3.06. The highest BCUT2D eigenvalue weighted by Gasteiger charge is 2.33. The van der Waals surface area contributed by atoms with Crippen molar-refractivity contribution in [2.75, 3.05) is 31.6 Å². The Balaban J connectivity index is 1.53. The fourth-order valence-electron chi connectivity index (χ4n) is 3.36. The molecule has 132 valence electrons. The number of nitrogens with one attached hydrogen (secondary N) is 1. The summed E-state index contributed by atoms with van der Waals surface area (Å²) >= 11 is 6.02. The van der Waals surface area contributed by atoms with Gasteiger partial charge in [0.25, 0.3) is 0 Å². The fourth-order valence-corrected chi connectivity index (χ4v) is 3.53. The van der Waals surface area contributed by atoms with Gasteiger partial charge in [-0.1, -0.05) is 17.7 Å². The largest absolute Gasteiger partial charge is 0.350 e. The number of likely N-dealkylation sites (tertiary alicyclic amines) is 1. The van der Waals surface area contributed by atoms with Gasteiger partial charge in [0.15, 0.2) is 6.29 Å². The second-order valence-corrected chi connectivity index (χ2v) is 7.04. The van der Waals surface area contributed by atoms with Crippen LogP contribution in [0.25, 0.3) is 0 Å². The zero-order chi connectivity index (χ0) is 17.1. The van der Waals surface area contributed by atoms with Gasteiger partial charge in [0, 0.05) is 16.6 Å². The van der Waals surface area contributed by atoms with E-state index in [9.17, 15) is 4.79 Å². The van der Waals surface area contributed by atoms with Crippen molar-refractivity contribution in [3.05, 3.63) is 28.8 Å². The van der Waals surface area contributed by atoms with Crippen molar-refractivity contribution >= 4 is 23.2 Å². The molecule has 1 aromatic rings. The van der Waals surface area contributed by atoms with Crippen molar-refractivity contribution in [3.8, 4) is 0 Å².